The summed E-state index contributed by atoms with van der Waals surface area (Å²) in [4.78, 5) is 0. The van der Waals surface area contributed by atoms with Crippen LogP contribution >= 0.6 is 27.5 Å². The van der Waals surface area contributed by atoms with Crippen LogP contribution in [0.5, 0.6) is 0 Å². The molecule has 1 aromatic carbocycles. The highest BCUT2D eigenvalue weighted by atomic mass is 79.9. The van der Waals surface area contributed by atoms with E-state index in [9.17, 15) is 4.39 Å². The van der Waals surface area contributed by atoms with Crippen LogP contribution in [0.1, 0.15) is 57.6 Å². The van der Waals surface area contributed by atoms with Crippen molar-refractivity contribution in [3.63, 3.8) is 0 Å². The molecule has 0 heterocycles. The maximum atomic E-state index is 14.4. The Morgan fingerprint density at radius 3 is 2.65 bits per heavy atom. The first-order valence-corrected chi connectivity index (χ1v) is 8.53. The lowest BCUT2D eigenvalue weighted by Crippen LogP contribution is -2.35. The average Bonchev–Trinajstić information content (AvgIpc) is 2.83. The van der Waals surface area contributed by atoms with Crippen molar-refractivity contribution < 1.29 is 4.39 Å². The summed E-state index contributed by atoms with van der Waals surface area (Å²) in [5.41, 5.74) is 0.823. The fourth-order valence-electron chi connectivity index (χ4n) is 3.25. The predicted molar refractivity (Wildman–Crippen MR) is 86.7 cm³/mol. The summed E-state index contributed by atoms with van der Waals surface area (Å²) in [6, 6.07) is 3.30. The van der Waals surface area contributed by atoms with E-state index < -0.39 is 0 Å². The summed E-state index contributed by atoms with van der Waals surface area (Å²) in [7, 11) is 0. The lowest BCUT2D eigenvalue weighted by molar-refractivity contribution is 0.219. The molecule has 0 bridgehead atoms. The van der Waals surface area contributed by atoms with Gasteiger partial charge in [-0.3, -0.25) is 0 Å². The van der Waals surface area contributed by atoms with Crippen molar-refractivity contribution in [2.24, 2.45) is 5.41 Å². The molecule has 1 saturated carbocycles. The third-order valence-electron chi connectivity index (χ3n) is 4.39. The second kappa shape index (κ2) is 6.76. The largest absolute Gasteiger partial charge is 0.309 e. The van der Waals surface area contributed by atoms with Crippen LogP contribution in [0.2, 0.25) is 5.02 Å². The van der Waals surface area contributed by atoms with Gasteiger partial charge in [-0.2, -0.15) is 0 Å². The topological polar surface area (TPSA) is 12.0 Å². The third-order valence-corrected chi connectivity index (χ3v) is 5.59. The van der Waals surface area contributed by atoms with E-state index in [1.54, 1.807) is 6.07 Å². The first-order chi connectivity index (χ1) is 9.48. The fourth-order valence-corrected chi connectivity index (χ4v) is 3.74. The van der Waals surface area contributed by atoms with Crippen LogP contribution in [0.15, 0.2) is 16.6 Å². The Hall–Kier alpha value is -0.120. The molecule has 1 fully saturated rings. The van der Waals surface area contributed by atoms with Gasteiger partial charge in [0.1, 0.15) is 5.82 Å². The van der Waals surface area contributed by atoms with Gasteiger partial charge in [-0.15, -0.1) is 0 Å². The standard InChI is InChI=1S/C16H22BrClFN/c1-3-8-20-15(16(2)6-4-5-7-16)11-9-13(18)12(17)10-14(11)19/h9-10,15,20H,3-8H2,1-2H3. The number of halogens is 3. The van der Waals surface area contributed by atoms with E-state index in [4.69, 9.17) is 11.6 Å². The lowest BCUT2D eigenvalue weighted by atomic mass is 9.77. The van der Waals surface area contributed by atoms with Gasteiger partial charge in [-0.05, 0) is 59.3 Å². The molecule has 2 rings (SSSR count). The number of benzene rings is 1. The molecule has 4 heteroatoms. The van der Waals surface area contributed by atoms with Gasteiger partial charge in [-0.1, -0.05) is 38.3 Å². The summed E-state index contributed by atoms with van der Waals surface area (Å²) >= 11 is 9.46. The first-order valence-electron chi connectivity index (χ1n) is 7.36. The molecule has 0 radical (unpaired) electrons. The molecule has 1 aliphatic rings. The molecular weight excluding hydrogens is 341 g/mol. The molecule has 0 aliphatic heterocycles. The molecular formula is C16H22BrClFN. The van der Waals surface area contributed by atoms with Gasteiger partial charge in [0.25, 0.3) is 0 Å². The van der Waals surface area contributed by atoms with Gasteiger partial charge in [0.15, 0.2) is 0 Å². The van der Waals surface area contributed by atoms with Crippen molar-refractivity contribution in [1.82, 2.24) is 5.32 Å². The Morgan fingerprint density at radius 1 is 1.40 bits per heavy atom. The highest BCUT2D eigenvalue weighted by Gasteiger charge is 2.38. The minimum absolute atomic E-state index is 0.0375. The Balaban J connectivity index is 2.38. The molecule has 1 aromatic rings. The van der Waals surface area contributed by atoms with Crippen molar-refractivity contribution >= 4 is 27.5 Å². The van der Waals surface area contributed by atoms with Crippen LogP contribution in [0.25, 0.3) is 0 Å². The highest BCUT2D eigenvalue weighted by molar-refractivity contribution is 9.10. The van der Waals surface area contributed by atoms with Crippen LogP contribution < -0.4 is 5.32 Å². The maximum Gasteiger partial charge on any atom is 0.129 e. The Kier molecular flexibility index (Phi) is 5.49. The normalized spacial score (nSPS) is 19.2. The number of rotatable bonds is 5. The van der Waals surface area contributed by atoms with Crippen molar-refractivity contribution in [3.8, 4) is 0 Å². The Morgan fingerprint density at radius 2 is 2.05 bits per heavy atom. The second-order valence-corrected chi connectivity index (χ2v) is 7.30. The van der Waals surface area contributed by atoms with Gasteiger partial charge in [-0.25, -0.2) is 4.39 Å². The van der Waals surface area contributed by atoms with Gasteiger partial charge in [0, 0.05) is 16.1 Å². The quantitative estimate of drug-likeness (QED) is 0.647. The van der Waals surface area contributed by atoms with E-state index in [-0.39, 0.29) is 17.3 Å². The SMILES string of the molecule is CCCNC(c1cc(Cl)c(Br)cc1F)C1(C)CCCC1. The minimum atomic E-state index is -0.178. The van der Waals surface area contributed by atoms with Crippen LogP contribution in [0.4, 0.5) is 4.39 Å². The maximum absolute atomic E-state index is 14.4. The Labute approximate surface area is 134 Å². The van der Waals surface area contributed by atoms with Crippen LogP contribution in [0, 0.1) is 11.2 Å². The van der Waals surface area contributed by atoms with E-state index in [2.05, 4.69) is 35.1 Å². The zero-order valence-electron chi connectivity index (χ0n) is 12.1. The van der Waals surface area contributed by atoms with Crippen molar-refractivity contribution in [2.75, 3.05) is 6.54 Å². The van der Waals surface area contributed by atoms with Gasteiger partial charge >= 0.3 is 0 Å². The molecule has 1 N–H and O–H groups in total. The molecule has 0 spiro atoms. The molecule has 1 unspecified atom stereocenters. The van der Waals surface area contributed by atoms with E-state index >= 15 is 0 Å². The van der Waals surface area contributed by atoms with Gasteiger partial charge in [0.2, 0.25) is 0 Å². The van der Waals surface area contributed by atoms with Crippen LogP contribution in [-0.4, -0.2) is 6.54 Å². The van der Waals surface area contributed by atoms with Gasteiger partial charge in [0.05, 0.1) is 5.02 Å². The average molecular weight is 363 g/mol. The van der Waals surface area contributed by atoms with Crippen molar-refractivity contribution in [2.45, 2.75) is 52.0 Å². The highest BCUT2D eigenvalue weighted by Crippen LogP contribution is 2.48. The van der Waals surface area contributed by atoms with E-state index in [1.807, 2.05) is 0 Å². The van der Waals surface area contributed by atoms with E-state index in [0.717, 1.165) is 25.8 Å². The molecule has 0 amide bonds. The zero-order valence-corrected chi connectivity index (χ0v) is 14.5. The number of hydrogen-bond acceptors (Lipinski definition) is 1. The lowest BCUT2D eigenvalue weighted by Gasteiger charge is -2.35. The minimum Gasteiger partial charge on any atom is -0.309 e. The first kappa shape index (κ1) is 16.3. The molecule has 20 heavy (non-hydrogen) atoms. The zero-order chi connectivity index (χ0) is 14.8. The van der Waals surface area contributed by atoms with E-state index in [1.165, 1.54) is 18.9 Å². The smallest absolute Gasteiger partial charge is 0.129 e. The molecule has 112 valence electrons. The van der Waals surface area contributed by atoms with Crippen LogP contribution in [-0.2, 0) is 0 Å². The summed E-state index contributed by atoms with van der Waals surface area (Å²) < 4.78 is 15.0. The van der Waals surface area contributed by atoms with Crippen LogP contribution in [0.3, 0.4) is 0 Å². The number of nitrogens with one attached hydrogen (secondary N) is 1. The third kappa shape index (κ3) is 3.37. The molecule has 1 atom stereocenters. The second-order valence-electron chi connectivity index (χ2n) is 6.04. The summed E-state index contributed by atoms with van der Waals surface area (Å²) in [5.74, 6) is -0.178. The van der Waals surface area contributed by atoms with Crippen molar-refractivity contribution in [1.29, 1.82) is 0 Å². The number of hydrogen-bond donors (Lipinski definition) is 1. The fraction of sp³-hybridized carbons (Fsp3) is 0.625. The van der Waals surface area contributed by atoms with Crippen molar-refractivity contribution in [3.05, 3.63) is 33.0 Å². The monoisotopic (exact) mass is 361 g/mol. The molecule has 1 nitrogen and oxygen atoms in total. The summed E-state index contributed by atoms with van der Waals surface area (Å²) in [6.45, 7) is 5.29. The predicted octanol–water partition coefficient (Wildman–Crippen LogP) is 5.86. The molecule has 0 aromatic heterocycles. The molecule has 0 saturated heterocycles. The molecule has 1 aliphatic carbocycles. The summed E-state index contributed by atoms with van der Waals surface area (Å²) in [6.07, 6.45) is 5.78. The Bertz CT molecular complexity index is 472. The van der Waals surface area contributed by atoms with E-state index in [0.29, 0.717) is 15.1 Å². The van der Waals surface area contributed by atoms with Gasteiger partial charge < -0.3 is 5.32 Å². The summed E-state index contributed by atoms with van der Waals surface area (Å²) in [5, 5.41) is 4.12.